The maximum Gasteiger partial charge on any atom is 0.244 e. The third kappa shape index (κ3) is 3.09. The van der Waals surface area contributed by atoms with Gasteiger partial charge in [0.05, 0.1) is 6.20 Å². The molecule has 0 aromatic carbocycles. The fourth-order valence-electron chi connectivity index (χ4n) is 1.99. The topological polar surface area (TPSA) is 71.2 Å². The molecule has 5 nitrogen and oxygen atoms in total. The first-order valence-electron chi connectivity index (χ1n) is 5.93. The Morgan fingerprint density at radius 2 is 2.24 bits per heavy atom. The van der Waals surface area contributed by atoms with E-state index in [0.29, 0.717) is 10.1 Å². The van der Waals surface area contributed by atoms with Gasteiger partial charge in [-0.15, -0.1) is 0 Å². The van der Waals surface area contributed by atoms with Gasteiger partial charge in [-0.3, -0.25) is 4.79 Å². The third-order valence-electron chi connectivity index (χ3n) is 2.90. The molecule has 1 aliphatic rings. The Morgan fingerprint density at radius 3 is 2.82 bits per heavy atom. The van der Waals surface area contributed by atoms with Crippen LogP contribution in [0.5, 0.6) is 0 Å². The Labute approximate surface area is 105 Å². The number of hydrogen-bond acceptors (Lipinski definition) is 5. The monoisotopic (exact) mass is 254 g/mol. The second kappa shape index (κ2) is 5.35. The molecule has 0 radical (unpaired) electrons. The first-order chi connectivity index (χ1) is 8.16. The quantitative estimate of drug-likeness (QED) is 0.858. The number of nitrogen functional groups attached to an aromatic ring is 1. The van der Waals surface area contributed by atoms with Gasteiger partial charge >= 0.3 is 0 Å². The molecule has 0 bridgehead atoms. The van der Waals surface area contributed by atoms with Crippen molar-refractivity contribution >= 4 is 27.4 Å². The van der Waals surface area contributed by atoms with Gasteiger partial charge in [0.25, 0.3) is 0 Å². The Hall–Kier alpha value is -1.30. The van der Waals surface area contributed by atoms with Crippen LogP contribution >= 0.6 is 11.3 Å². The Bertz CT molecular complexity index is 387. The summed E-state index contributed by atoms with van der Waals surface area (Å²) in [5.41, 5.74) is 5.59. The predicted molar refractivity (Wildman–Crippen MR) is 70.0 cm³/mol. The molecule has 0 spiro atoms. The predicted octanol–water partition coefficient (Wildman–Crippen LogP) is 1.54. The van der Waals surface area contributed by atoms with Crippen LogP contribution in [0.2, 0.25) is 0 Å². The lowest BCUT2D eigenvalue weighted by atomic mass is 10.1. The van der Waals surface area contributed by atoms with E-state index in [1.54, 1.807) is 6.20 Å². The van der Waals surface area contributed by atoms with Gasteiger partial charge in [-0.05, 0) is 26.2 Å². The van der Waals surface area contributed by atoms with Gasteiger partial charge in [-0.25, -0.2) is 4.98 Å². The highest BCUT2D eigenvalue weighted by Gasteiger charge is 2.22. The second-order valence-corrected chi connectivity index (χ2v) is 5.38. The number of carbonyl (C=O) groups excluding carboxylic acids is 1. The number of carbonyl (C=O) groups is 1. The number of nitrogens with two attached hydrogens (primary N) is 1. The number of nitrogens with one attached hydrogen (secondary N) is 1. The summed E-state index contributed by atoms with van der Waals surface area (Å²) in [6.45, 7) is 3.63. The molecule has 1 amide bonds. The molecule has 2 heterocycles. The van der Waals surface area contributed by atoms with Gasteiger partial charge in [-0.1, -0.05) is 11.3 Å². The molecule has 17 heavy (non-hydrogen) atoms. The summed E-state index contributed by atoms with van der Waals surface area (Å²) in [7, 11) is 0. The minimum atomic E-state index is -0.237. The molecule has 1 aliphatic heterocycles. The molecule has 1 saturated heterocycles. The lowest BCUT2D eigenvalue weighted by molar-refractivity contribution is -0.132. The smallest absolute Gasteiger partial charge is 0.244 e. The fraction of sp³-hybridized carbons (Fsp3) is 0.636. The summed E-state index contributed by atoms with van der Waals surface area (Å²) in [6.07, 6.45) is 5.06. The summed E-state index contributed by atoms with van der Waals surface area (Å²) in [5.74, 6) is 0.151. The summed E-state index contributed by atoms with van der Waals surface area (Å²) in [6, 6.07) is -0.237. The van der Waals surface area contributed by atoms with Crippen LogP contribution in [0.4, 0.5) is 10.1 Å². The maximum absolute atomic E-state index is 12.1. The summed E-state index contributed by atoms with van der Waals surface area (Å²) >= 11 is 1.36. The highest BCUT2D eigenvalue weighted by molar-refractivity contribution is 7.19. The van der Waals surface area contributed by atoms with Crippen LogP contribution in [0, 0.1) is 0 Å². The zero-order chi connectivity index (χ0) is 12.3. The molecule has 1 fully saturated rings. The lowest BCUT2D eigenvalue weighted by Crippen LogP contribution is -2.43. The van der Waals surface area contributed by atoms with E-state index in [1.165, 1.54) is 17.8 Å². The van der Waals surface area contributed by atoms with Crippen LogP contribution in [0.15, 0.2) is 6.20 Å². The molecule has 1 aromatic heterocycles. The minimum absolute atomic E-state index is 0.151. The van der Waals surface area contributed by atoms with Crippen LogP contribution in [0.25, 0.3) is 0 Å². The Morgan fingerprint density at radius 1 is 1.53 bits per heavy atom. The van der Waals surface area contributed by atoms with E-state index in [-0.39, 0.29) is 11.9 Å². The van der Waals surface area contributed by atoms with Gasteiger partial charge in [0.1, 0.15) is 11.0 Å². The average Bonchev–Trinajstić information content (AvgIpc) is 2.75. The maximum atomic E-state index is 12.1. The van der Waals surface area contributed by atoms with Gasteiger partial charge in [0.15, 0.2) is 5.13 Å². The van der Waals surface area contributed by atoms with E-state index in [4.69, 9.17) is 5.73 Å². The van der Waals surface area contributed by atoms with Crippen molar-refractivity contribution in [1.82, 2.24) is 9.88 Å². The molecule has 0 aliphatic carbocycles. The van der Waals surface area contributed by atoms with Crippen molar-refractivity contribution in [3.05, 3.63) is 6.20 Å². The van der Waals surface area contributed by atoms with E-state index in [9.17, 15) is 4.79 Å². The number of likely N-dealkylation sites (tertiary alicyclic amines) is 1. The first-order valence-corrected chi connectivity index (χ1v) is 6.75. The summed E-state index contributed by atoms with van der Waals surface area (Å²) in [4.78, 5) is 18.1. The summed E-state index contributed by atoms with van der Waals surface area (Å²) < 4.78 is 0. The highest BCUT2D eigenvalue weighted by Crippen LogP contribution is 2.21. The fourth-order valence-corrected chi connectivity index (χ4v) is 2.66. The van der Waals surface area contributed by atoms with Crippen molar-refractivity contribution in [1.29, 1.82) is 0 Å². The van der Waals surface area contributed by atoms with Crippen molar-refractivity contribution in [3.63, 3.8) is 0 Å². The van der Waals surface area contributed by atoms with E-state index >= 15 is 0 Å². The van der Waals surface area contributed by atoms with Crippen molar-refractivity contribution in [3.8, 4) is 0 Å². The third-order valence-corrected chi connectivity index (χ3v) is 3.66. The number of thiazole rings is 1. The lowest BCUT2D eigenvalue weighted by Gasteiger charge is -2.29. The molecular weight excluding hydrogens is 236 g/mol. The van der Waals surface area contributed by atoms with Gasteiger partial charge in [0.2, 0.25) is 5.91 Å². The van der Waals surface area contributed by atoms with E-state index in [0.717, 1.165) is 25.9 Å². The number of aromatic nitrogens is 1. The summed E-state index contributed by atoms with van der Waals surface area (Å²) in [5, 5.41) is 4.46. The molecule has 2 rings (SSSR count). The van der Waals surface area contributed by atoms with Gasteiger partial charge in [-0.2, -0.15) is 0 Å². The number of piperidine rings is 1. The van der Waals surface area contributed by atoms with Gasteiger partial charge < -0.3 is 16.0 Å². The molecular formula is C11H18N4OS. The SMILES string of the molecule is CC(Nc1ncc(N)s1)C(=O)N1CCCCC1. The van der Waals surface area contributed by atoms with E-state index in [2.05, 4.69) is 10.3 Å². The Kier molecular flexibility index (Phi) is 3.83. The number of amides is 1. The molecule has 1 unspecified atom stereocenters. The molecule has 0 saturated carbocycles. The average molecular weight is 254 g/mol. The standard InChI is InChI=1S/C11H18N4OS/c1-8(14-11-13-7-9(12)17-11)10(16)15-5-3-2-4-6-15/h7-8H,2-6,12H2,1H3,(H,13,14). The number of nitrogens with zero attached hydrogens (tertiary/aromatic N) is 2. The van der Waals surface area contributed by atoms with Crippen molar-refractivity contribution in [2.45, 2.75) is 32.2 Å². The van der Waals surface area contributed by atoms with Crippen LogP contribution in [0.1, 0.15) is 26.2 Å². The van der Waals surface area contributed by atoms with Gasteiger partial charge in [0, 0.05) is 13.1 Å². The molecule has 3 N–H and O–H groups in total. The normalized spacial score (nSPS) is 17.8. The first kappa shape index (κ1) is 12.2. The van der Waals surface area contributed by atoms with Crippen LogP contribution in [0.3, 0.4) is 0 Å². The second-order valence-electron chi connectivity index (χ2n) is 4.32. The largest absolute Gasteiger partial charge is 0.389 e. The van der Waals surface area contributed by atoms with E-state index < -0.39 is 0 Å². The zero-order valence-electron chi connectivity index (χ0n) is 9.98. The number of rotatable bonds is 3. The van der Waals surface area contributed by atoms with E-state index in [1.807, 2.05) is 11.8 Å². The van der Waals surface area contributed by atoms with Crippen molar-refractivity contribution in [2.75, 3.05) is 24.1 Å². The van der Waals surface area contributed by atoms with Crippen molar-refractivity contribution in [2.24, 2.45) is 0 Å². The van der Waals surface area contributed by atoms with Crippen molar-refractivity contribution < 1.29 is 4.79 Å². The number of hydrogen-bond donors (Lipinski definition) is 2. The minimum Gasteiger partial charge on any atom is -0.389 e. The molecule has 1 atom stereocenters. The Balaban J connectivity index is 1.90. The number of anilines is 2. The zero-order valence-corrected chi connectivity index (χ0v) is 10.8. The molecule has 94 valence electrons. The van der Waals surface area contributed by atoms with Crippen LogP contribution in [-0.2, 0) is 4.79 Å². The highest BCUT2D eigenvalue weighted by atomic mass is 32.1. The molecule has 1 aromatic rings. The molecule has 6 heteroatoms. The van der Waals surface area contributed by atoms with Crippen LogP contribution in [-0.4, -0.2) is 34.9 Å². The van der Waals surface area contributed by atoms with Crippen LogP contribution < -0.4 is 11.1 Å².